The normalized spacial score (nSPS) is 17.5. The minimum Gasteiger partial charge on any atom is -0.454 e. The Morgan fingerprint density at radius 1 is 1.26 bits per heavy atom. The molecule has 2 aliphatic heterocycles. The number of rotatable bonds is 3. The number of nitrogens with zero attached hydrogens (tertiary/aromatic N) is 3. The highest BCUT2D eigenvalue weighted by atomic mass is 79.9. The fourth-order valence-corrected chi connectivity index (χ4v) is 3.05. The molecule has 0 unspecified atom stereocenters. The maximum Gasteiger partial charge on any atom is 0.282 e. The number of nitro benzene ring substituents is 1. The van der Waals surface area contributed by atoms with Gasteiger partial charge in [0.1, 0.15) is 0 Å². The first-order chi connectivity index (χ1) is 12.9. The van der Waals surface area contributed by atoms with E-state index in [0.717, 1.165) is 9.48 Å². The average molecular weight is 434 g/mol. The molecule has 0 saturated carbocycles. The molecule has 4 rings (SSSR count). The Labute approximate surface area is 161 Å². The molecule has 9 nitrogen and oxygen atoms in total. The topological polar surface area (TPSA) is 104 Å². The van der Waals surface area contributed by atoms with Gasteiger partial charge in [0.2, 0.25) is 24.8 Å². The van der Waals surface area contributed by atoms with Crippen LogP contribution in [-0.2, 0) is 9.53 Å². The zero-order valence-electron chi connectivity index (χ0n) is 13.9. The molecule has 0 aromatic heterocycles. The smallest absolute Gasteiger partial charge is 0.282 e. The van der Waals surface area contributed by atoms with Crippen LogP contribution in [-0.4, -0.2) is 28.5 Å². The van der Waals surface area contributed by atoms with Crippen LogP contribution in [0.3, 0.4) is 0 Å². The Morgan fingerprint density at radius 3 is 2.56 bits per heavy atom. The van der Waals surface area contributed by atoms with Gasteiger partial charge in [-0.15, -0.1) is 5.10 Å². The van der Waals surface area contributed by atoms with Gasteiger partial charge in [-0.1, -0.05) is 15.9 Å². The second-order valence-electron chi connectivity index (χ2n) is 5.77. The second kappa shape index (κ2) is 6.54. The van der Waals surface area contributed by atoms with E-state index in [1.54, 1.807) is 24.3 Å². The van der Waals surface area contributed by atoms with Crippen molar-refractivity contribution in [3.63, 3.8) is 0 Å². The Hall–Kier alpha value is -3.14. The third-order valence-corrected chi connectivity index (χ3v) is 4.57. The number of hydrogen-bond donors (Lipinski definition) is 0. The van der Waals surface area contributed by atoms with E-state index >= 15 is 0 Å². The summed E-state index contributed by atoms with van der Waals surface area (Å²) in [6.07, 6.45) is -1.09. The molecule has 2 aromatic carbocycles. The van der Waals surface area contributed by atoms with Gasteiger partial charge in [-0.2, -0.15) is 5.01 Å². The van der Waals surface area contributed by atoms with E-state index in [9.17, 15) is 14.9 Å². The third kappa shape index (κ3) is 3.08. The van der Waals surface area contributed by atoms with Crippen molar-refractivity contribution < 1.29 is 23.9 Å². The molecule has 27 heavy (non-hydrogen) atoms. The molecule has 10 heteroatoms. The van der Waals surface area contributed by atoms with E-state index in [4.69, 9.17) is 14.2 Å². The summed E-state index contributed by atoms with van der Waals surface area (Å²) < 4.78 is 17.2. The van der Waals surface area contributed by atoms with Gasteiger partial charge in [-0.05, 0) is 24.3 Å². The van der Waals surface area contributed by atoms with Gasteiger partial charge in [-0.25, -0.2) is 0 Å². The Kier molecular flexibility index (Phi) is 4.19. The van der Waals surface area contributed by atoms with E-state index in [0.29, 0.717) is 11.3 Å². The number of fused-ring (bicyclic) bond motifs is 1. The molecule has 1 amide bonds. The Morgan fingerprint density at radius 2 is 1.93 bits per heavy atom. The molecule has 0 spiro atoms. The minimum atomic E-state index is -1.09. The van der Waals surface area contributed by atoms with Crippen molar-refractivity contribution in [2.75, 3.05) is 6.79 Å². The SMILES string of the molecule is CC(=O)N1N=C(c2ccc(Br)cc2)O[C@H]1c1cc2c(cc1[N+](=O)[O-])OCO2. The second-order valence-corrected chi connectivity index (χ2v) is 6.68. The van der Waals surface area contributed by atoms with Gasteiger partial charge in [-0.3, -0.25) is 14.9 Å². The monoisotopic (exact) mass is 433 g/mol. The van der Waals surface area contributed by atoms with Crippen LogP contribution in [0.1, 0.15) is 24.3 Å². The van der Waals surface area contributed by atoms with Gasteiger partial charge >= 0.3 is 0 Å². The number of hydrogen-bond acceptors (Lipinski definition) is 7. The molecular formula is C17H12BrN3O6. The summed E-state index contributed by atoms with van der Waals surface area (Å²) in [7, 11) is 0. The van der Waals surface area contributed by atoms with Crippen molar-refractivity contribution >= 4 is 33.4 Å². The first kappa shape index (κ1) is 17.3. The summed E-state index contributed by atoms with van der Waals surface area (Å²) in [6, 6.07) is 9.83. The van der Waals surface area contributed by atoms with Crippen molar-refractivity contribution in [2.24, 2.45) is 5.10 Å². The molecule has 0 radical (unpaired) electrons. The zero-order chi connectivity index (χ0) is 19.1. The van der Waals surface area contributed by atoms with Crippen molar-refractivity contribution in [3.8, 4) is 11.5 Å². The maximum absolute atomic E-state index is 12.1. The lowest BCUT2D eigenvalue weighted by molar-refractivity contribution is -0.386. The summed E-state index contributed by atoms with van der Waals surface area (Å²) in [5.41, 5.74) is 0.536. The van der Waals surface area contributed by atoms with Gasteiger partial charge in [0, 0.05) is 23.0 Å². The van der Waals surface area contributed by atoms with Crippen molar-refractivity contribution in [3.05, 3.63) is 62.1 Å². The molecular weight excluding hydrogens is 422 g/mol. The number of carbonyl (C=O) groups is 1. The number of ether oxygens (including phenoxy) is 3. The van der Waals surface area contributed by atoms with Crippen molar-refractivity contribution in [2.45, 2.75) is 13.2 Å². The van der Waals surface area contributed by atoms with Gasteiger partial charge in [0.15, 0.2) is 11.5 Å². The number of carbonyl (C=O) groups excluding carboxylic acids is 1. The van der Waals surface area contributed by atoms with Crippen LogP contribution in [0.5, 0.6) is 11.5 Å². The first-order valence-electron chi connectivity index (χ1n) is 7.83. The molecule has 2 aliphatic rings. The van der Waals surface area contributed by atoms with Crippen LogP contribution >= 0.6 is 15.9 Å². The van der Waals surface area contributed by atoms with Crippen molar-refractivity contribution in [1.82, 2.24) is 5.01 Å². The van der Waals surface area contributed by atoms with E-state index in [1.807, 2.05) is 0 Å². The maximum atomic E-state index is 12.1. The molecule has 1 atom stereocenters. The van der Waals surface area contributed by atoms with Crippen LogP contribution in [0.4, 0.5) is 5.69 Å². The van der Waals surface area contributed by atoms with Crippen molar-refractivity contribution in [1.29, 1.82) is 0 Å². The highest BCUT2D eigenvalue weighted by Gasteiger charge is 2.39. The number of halogens is 1. The molecule has 0 aliphatic carbocycles. The third-order valence-electron chi connectivity index (χ3n) is 4.04. The Bertz CT molecular complexity index is 975. The summed E-state index contributed by atoms with van der Waals surface area (Å²) in [5.74, 6) is 0.389. The van der Waals surface area contributed by atoms with Gasteiger partial charge in [0.05, 0.1) is 16.6 Å². The molecule has 2 heterocycles. The zero-order valence-corrected chi connectivity index (χ0v) is 15.5. The van der Waals surface area contributed by atoms with Crippen LogP contribution in [0, 0.1) is 10.1 Å². The molecule has 0 N–H and O–H groups in total. The Balaban J connectivity index is 1.76. The minimum absolute atomic E-state index is 0.0292. The number of hydrazone groups is 1. The van der Waals surface area contributed by atoms with Crippen LogP contribution in [0.15, 0.2) is 46.0 Å². The standard InChI is InChI=1S/C17H12BrN3O6/c1-9(22)20-17(27-16(19-20)10-2-4-11(18)5-3-10)12-6-14-15(26-8-25-14)7-13(12)21(23)24/h2-7,17H,8H2,1H3/t17-/m0/s1. The molecule has 138 valence electrons. The fourth-order valence-electron chi connectivity index (χ4n) is 2.78. The average Bonchev–Trinajstić information content (AvgIpc) is 3.27. The molecule has 2 aromatic rings. The largest absolute Gasteiger partial charge is 0.454 e. The van der Waals surface area contributed by atoms with E-state index in [1.165, 1.54) is 19.1 Å². The summed E-state index contributed by atoms with van der Waals surface area (Å²) in [5, 5.41) is 16.8. The van der Waals surface area contributed by atoms with Gasteiger partial charge < -0.3 is 14.2 Å². The highest BCUT2D eigenvalue weighted by molar-refractivity contribution is 9.10. The summed E-state index contributed by atoms with van der Waals surface area (Å²) in [6.45, 7) is 1.28. The van der Waals surface area contributed by atoms with Crippen LogP contribution < -0.4 is 9.47 Å². The quantitative estimate of drug-likeness (QED) is 0.543. The number of benzene rings is 2. The highest BCUT2D eigenvalue weighted by Crippen LogP contribution is 2.43. The predicted molar refractivity (Wildman–Crippen MR) is 96.2 cm³/mol. The number of nitro groups is 1. The van der Waals surface area contributed by atoms with E-state index in [-0.39, 0.29) is 29.7 Å². The first-order valence-corrected chi connectivity index (χ1v) is 8.62. The molecule has 0 saturated heterocycles. The fraction of sp³-hybridized carbons (Fsp3) is 0.176. The van der Waals surface area contributed by atoms with Crippen LogP contribution in [0.25, 0.3) is 0 Å². The van der Waals surface area contributed by atoms with E-state index < -0.39 is 17.1 Å². The predicted octanol–water partition coefficient (Wildman–Crippen LogP) is 3.33. The number of amides is 1. The molecule has 0 bridgehead atoms. The summed E-state index contributed by atoms with van der Waals surface area (Å²) >= 11 is 3.35. The summed E-state index contributed by atoms with van der Waals surface area (Å²) in [4.78, 5) is 23.1. The lowest BCUT2D eigenvalue weighted by Crippen LogP contribution is -2.25. The van der Waals surface area contributed by atoms with E-state index in [2.05, 4.69) is 21.0 Å². The lowest BCUT2D eigenvalue weighted by atomic mass is 10.1. The molecule has 0 fully saturated rings. The van der Waals surface area contributed by atoms with Crippen LogP contribution in [0.2, 0.25) is 0 Å². The van der Waals surface area contributed by atoms with Gasteiger partial charge in [0.25, 0.3) is 5.69 Å². The lowest BCUT2D eigenvalue weighted by Gasteiger charge is -2.19.